The number of likely N-dealkylation sites (tertiary alicyclic amines) is 1. The Morgan fingerprint density at radius 1 is 1.24 bits per heavy atom. The zero-order valence-electron chi connectivity index (χ0n) is 13.6. The number of hydrogen-bond donors (Lipinski definition) is 2. The summed E-state index contributed by atoms with van der Waals surface area (Å²) in [6.45, 7) is 3.20. The maximum atomic E-state index is 11.7. The summed E-state index contributed by atoms with van der Waals surface area (Å²) in [6, 6.07) is 0.488. The fourth-order valence-electron chi connectivity index (χ4n) is 3.35. The quantitative estimate of drug-likeness (QED) is 0.789. The largest absolute Gasteiger partial charge is 0.389 e. The van der Waals surface area contributed by atoms with Crippen LogP contribution in [-0.2, 0) is 4.79 Å². The molecule has 2 aliphatic rings. The number of carbonyl (C=O) groups is 1. The number of amides is 1. The molecule has 2 fully saturated rings. The van der Waals surface area contributed by atoms with E-state index in [0.29, 0.717) is 12.6 Å². The lowest BCUT2D eigenvalue weighted by atomic mass is 9.84. The van der Waals surface area contributed by atoms with Gasteiger partial charge >= 0.3 is 0 Å². The minimum atomic E-state index is -0.476. The third kappa shape index (κ3) is 5.24. The Bertz CT molecular complexity index is 332. The molecule has 0 radical (unpaired) electrons. The lowest BCUT2D eigenvalue weighted by Gasteiger charge is -2.37. The Kier molecular flexibility index (Phi) is 6.02. The number of nitrogens with one attached hydrogen (secondary N) is 1. The van der Waals surface area contributed by atoms with Crippen LogP contribution in [0.2, 0.25) is 0 Å². The highest BCUT2D eigenvalue weighted by Gasteiger charge is 2.30. The van der Waals surface area contributed by atoms with Gasteiger partial charge in [0.1, 0.15) is 0 Å². The highest BCUT2D eigenvalue weighted by molar-refractivity contribution is 5.77. The zero-order valence-corrected chi connectivity index (χ0v) is 13.6. The van der Waals surface area contributed by atoms with Crippen molar-refractivity contribution in [2.24, 2.45) is 0 Å². The van der Waals surface area contributed by atoms with E-state index in [-0.39, 0.29) is 5.91 Å². The van der Waals surface area contributed by atoms with Crippen LogP contribution in [0.3, 0.4) is 0 Å². The lowest BCUT2D eigenvalue weighted by Crippen LogP contribution is -2.50. The lowest BCUT2D eigenvalue weighted by molar-refractivity contribution is -0.130. The van der Waals surface area contributed by atoms with Gasteiger partial charge in [-0.2, -0.15) is 0 Å². The van der Waals surface area contributed by atoms with Crippen LogP contribution in [0.5, 0.6) is 0 Å². The van der Waals surface area contributed by atoms with Crippen molar-refractivity contribution < 1.29 is 9.90 Å². The van der Waals surface area contributed by atoms with Gasteiger partial charge in [-0.3, -0.25) is 9.69 Å². The number of aliphatic hydroxyl groups is 1. The molecule has 0 unspecified atom stereocenters. The van der Waals surface area contributed by atoms with Crippen LogP contribution >= 0.6 is 0 Å². The molecule has 1 heterocycles. The second kappa shape index (κ2) is 7.56. The van der Waals surface area contributed by atoms with Crippen LogP contribution in [0.25, 0.3) is 0 Å². The van der Waals surface area contributed by atoms with Gasteiger partial charge < -0.3 is 15.3 Å². The topological polar surface area (TPSA) is 55.8 Å². The Morgan fingerprint density at radius 3 is 2.43 bits per heavy atom. The smallest absolute Gasteiger partial charge is 0.236 e. The summed E-state index contributed by atoms with van der Waals surface area (Å²) in [6.07, 6.45) is 7.59. The molecule has 0 atom stereocenters. The van der Waals surface area contributed by atoms with Crippen LogP contribution < -0.4 is 5.32 Å². The van der Waals surface area contributed by atoms with E-state index in [2.05, 4.69) is 10.2 Å². The summed E-state index contributed by atoms with van der Waals surface area (Å²) in [5.74, 6) is 0.179. The van der Waals surface area contributed by atoms with E-state index < -0.39 is 5.60 Å². The second-order valence-corrected chi connectivity index (χ2v) is 7.00. The molecule has 2 rings (SSSR count). The first kappa shape index (κ1) is 16.7. The molecular formula is C16H31N3O2. The van der Waals surface area contributed by atoms with Crippen LogP contribution in [0.1, 0.15) is 44.9 Å². The Balaban J connectivity index is 1.66. The van der Waals surface area contributed by atoms with Gasteiger partial charge in [0, 0.05) is 39.8 Å². The first-order valence-corrected chi connectivity index (χ1v) is 8.37. The number of hydrogen-bond acceptors (Lipinski definition) is 4. The third-order valence-electron chi connectivity index (χ3n) is 4.95. The van der Waals surface area contributed by atoms with E-state index in [1.54, 1.807) is 4.90 Å². The second-order valence-electron chi connectivity index (χ2n) is 7.00. The summed E-state index contributed by atoms with van der Waals surface area (Å²) in [4.78, 5) is 15.6. The van der Waals surface area contributed by atoms with Gasteiger partial charge in [-0.25, -0.2) is 0 Å². The molecule has 122 valence electrons. The predicted octanol–water partition coefficient (Wildman–Crippen LogP) is 0.824. The average molecular weight is 297 g/mol. The van der Waals surface area contributed by atoms with Crippen LogP contribution in [0.15, 0.2) is 0 Å². The monoisotopic (exact) mass is 297 g/mol. The first-order valence-electron chi connectivity index (χ1n) is 8.37. The van der Waals surface area contributed by atoms with E-state index in [1.807, 2.05) is 14.1 Å². The molecule has 0 aromatic rings. The first-order chi connectivity index (χ1) is 9.98. The number of rotatable bonds is 5. The SMILES string of the molecule is CN(C)C(=O)CN1CCC(NCC2(O)CCCCC2)CC1. The summed E-state index contributed by atoms with van der Waals surface area (Å²) in [5, 5.41) is 14.1. The Labute approximate surface area is 128 Å². The number of likely N-dealkylation sites (N-methyl/N-ethyl adjacent to an activating group) is 1. The maximum absolute atomic E-state index is 11.7. The highest BCUT2D eigenvalue weighted by atomic mass is 16.3. The van der Waals surface area contributed by atoms with E-state index in [0.717, 1.165) is 58.2 Å². The van der Waals surface area contributed by atoms with Gasteiger partial charge in [0.25, 0.3) is 0 Å². The minimum absolute atomic E-state index is 0.179. The number of piperidine rings is 1. The van der Waals surface area contributed by atoms with Gasteiger partial charge in [0.15, 0.2) is 0 Å². The molecule has 0 bridgehead atoms. The molecule has 1 aliphatic heterocycles. The van der Waals surface area contributed by atoms with Gasteiger partial charge in [0.2, 0.25) is 5.91 Å². The molecule has 2 N–H and O–H groups in total. The zero-order chi connectivity index (χ0) is 15.3. The Hall–Kier alpha value is -0.650. The maximum Gasteiger partial charge on any atom is 0.236 e. The summed E-state index contributed by atoms with van der Waals surface area (Å²) in [7, 11) is 3.61. The Morgan fingerprint density at radius 2 is 1.86 bits per heavy atom. The normalized spacial score (nSPS) is 24.0. The van der Waals surface area contributed by atoms with Crippen molar-refractivity contribution in [3.8, 4) is 0 Å². The molecular weight excluding hydrogens is 266 g/mol. The standard InChI is InChI=1S/C16H31N3O2/c1-18(2)15(20)12-19-10-6-14(7-11-19)17-13-16(21)8-4-3-5-9-16/h14,17,21H,3-13H2,1-2H3. The van der Waals surface area contributed by atoms with Gasteiger partial charge in [-0.15, -0.1) is 0 Å². The molecule has 0 aromatic heterocycles. The number of carbonyl (C=O) groups excluding carboxylic acids is 1. The molecule has 5 heteroatoms. The van der Waals surface area contributed by atoms with Crippen molar-refractivity contribution in [2.75, 3.05) is 40.3 Å². The minimum Gasteiger partial charge on any atom is -0.389 e. The third-order valence-corrected chi connectivity index (χ3v) is 4.95. The molecule has 1 amide bonds. The molecule has 5 nitrogen and oxygen atoms in total. The summed E-state index contributed by atoms with van der Waals surface area (Å²) >= 11 is 0. The average Bonchev–Trinajstić information content (AvgIpc) is 2.47. The van der Waals surface area contributed by atoms with E-state index >= 15 is 0 Å². The van der Waals surface area contributed by atoms with Gasteiger partial charge in [0.05, 0.1) is 12.1 Å². The van der Waals surface area contributed by atoms with E-state index in [4.69, 9.17) is 0 Å². The van der Waals surface area contributed by atoms with Gasteiger partial charge in [-0.1, -0.05) is 19.3 Å². The molecule has 0 spiro atoms. The molecule has 0 aromatic carbocycles. The van der Waals surface area contributed by atoms with Crippen molar-refractivity contribution in [3.63, 3.8) is 0 Å². The van der Waals surface area contributed by atoms with Gasteiger partial charge in [-0.05, 0) is 25.7 Å². The molecule has 21 heavy (non-hydrogen) atoms. The molecule has 1 saturated heterocycles. The summed E-state index contributed by atoms with van der Waals surface area (Å²) < 4.78 is 0. The predicted molar refractivity (Wildman–Crippen MR) is 84.2 cm³/mol. The molecule has 1 aliphatic carbocycles. The van der Waals surface area contributed by atoms with Crippen molar-refractivity contribution in [3.05, 3.63) is 0 Å². The fourth-order valence-corrected chi connectivity index (χ4v) is 3.35. The number of nitrogens with zero attached hydrogens (tertiary/aromatic N) is 2. The fraction of sp³-hybridized carbons (Fsp3) is 0.938. The summed E-state index contributed by atoms with van der Waals surface area (Å²) in [5.41, 5.74) is -0.476. The van der Waals surface area contributed by atoms with Crippen LogP contribution in [-0.4, -0.2) is 72.7 Å². The van der Waals surface area contributed by atoms with E-state index in [9.17, 15) is 9.90 Å². The van der Waals surface area contributed by atoms with Crippen molar-refractivity contribution >= 4 is 5.91 Å². The molecule has 1 saturated carbocycles. The van der Waals surface area contributed by atoms with Crippen molar-refractivity contribution in [1.29, 1.82) is 0 Å². The van der Waals surface area contributed by atoms with Crippen LogP contribution in [0, 0.1) is 0 Å². The highest BCUT2D eigenvalue weighted by Crippen LogP contribution is 2.27. The van der Waals surface area contributed by atoms with Crippen molar-refractivity contribution in [2.45, 2.75) is 56.6 Å². The van der Waals surface area contributed by atoms with Crippen molar-refractivity contribution in [1.82, 2.24) is 15.1 Å². The van der Waals surface area contributed by atoms with E-state index in [1.165, 1.54) is 6.42 Å². The van der Waals surface area contributed by atoms with Crippen LogP contribution in [0.4, 0.5) is 0 Å².